The van der Waals surface area contributed by atoms with Crippen LogP contribution in [0.4, 0.5) is 11.4 Å². The summed E-state index contributed by atoms with van der Waals surface area (Å²) in [4.78, 5) is 24.1. The number of nitrogen functional groups attached to an aromatic ring is 1. The molecular formula is C14H15ClN4O2. The van der Waals surface area contributed by atoms with Crippen molar-refractivity contribution in [1.29, 1.82) is 0 Å². The highest BCUT2D eigenvalue weighted by molar-refractivity contribution is 6.31. The van der Waals surface area contributed by atoms with Gasteiger partial charge >= 0.3 is 5.69 Å². The summed E-state index contributed by atoms with van der Waals surface area (Å²) in [5.74, 6) is -0.306. The first kappa shape index (κ1) is 13.8. The van der Waals surface area contributed by atoms with Crippen LogP contribution in [-0.4, -0.2) is 15.0 Å². The third-order valence-electron chi connectivity index (χ3n) is 3.42. The number of halogens is 1. The Morgan fingerprint density at radius 3 is 2.81 bits per heavy atom. The first-order chi connectivity index (χ1) is 10.0. The fourth-order valence-corrected chi connectivity index (χ4v) is 2.35. The van der Waals surface area contributed by atoms with Gasteiger partial charge in [0.25, 0.3) is 0 Å². The van der Waals surface area contributed by atoms with Crippen molar-refractivity contribution < 1.29 is 4.79 Å². The van der Waals surface area contributed by atoms with Crippen LogP contribution in [0.1, 0.15) is 18.9 Å². The second-order valence-corrected chi connectivity index (χ2v) is 5.56. The molecule has 1 aliphatic carbocycles. The van der Waals surface area contributed by atoms with Crippen molar-refractivity contribution in [1.82, 2.24) is 9.13 Å². The number of rotatable bonds is 4. The molecule has 1 saturated carbocycles. The number of anilines is 2. The maximum absolute atomic E-state index is 12.1. The predicted octanol–water partition coefficient (Wildman–Crippen LogP) is 1.86. The molecule has 1 heterocycles. The number of aromatic nitrogens is 2. The summed E-state index contributed by atoms with van der Waals surface area (Å²) in [5.41, 5.74) is 6.49. The summed E-state index contributed by atoms with van der Waals surface area (Å²) in [6.45, 7) is -0.0411. The minimum Gasteiger partial charge on any atom is -0.397 e. The molecule has 7 heteroatoms. The van der Waals surface area contributed by atoms with Crippen LogP contribution in [0.5, 0.6) is 0 Å². The number of benzene rings is 1. The molecule has 1 amide bonds. The molecule has 1 aromatic carbocycles. The molecule has 1 fully saturated rings. The fraction of sp³-hybridized carbons (Fsp3) is 0.286. The molecule has 0 bridgehead atoms. The lowest BCUT2D eigenvalue weighted by Crippen LogP contribution is -2.29. The van der Waals surface area contributed by atoms with Gasteiger partial charge in [-0.25, -0.2) is 4.79 Å². The molecule has 6 nitrogen and oxygen atoms in total. The van der Waals surface area contributed by atoms with Gasteiger partial charge in [-0.3, -0.25) is 13.9 Å². The van der Waals surface area contributed by atoms with Gasteiger partial charge in [-0.2, -0.15) is 0 Å². The van der Waals surface area contributed by atoms with Gasteiger partial charge in [0.05, 0.1) is 11.4 Å². The SMILES string of the molecule is Nc1cc(Cl)ccc1NC(=O)Cn1ccn(C2CC2)c1=O. The lowest BCUT2D eigenvalue weighted by molar-refractivity contribution is -0.116. The Bertz CT molecular complexity index is 746. The zero-order valence-electron chi connectivity index (χ0n) is 11.3. The Morgan fingerprint density at radius 1 is 1.38 bits per heavy atom. The number of amides is 1. The summed E-state index contributed by atoms with van der Waals surface area (Å²) in [7, 11) is 0. The number of imidazole rings is 1. The molecule has 3 rings (SSSR count). The standard InChI is InChI=1S/C14H15ClN4O2/c15-9-1-4-12(11(16)7-9)17-13(20)8-18-5-6-19(14(18)21)10-2-3-10/h1,4-7,10H,2-3,8,16H2,(H,17,20). The molecule has 2 aromatic rings. The second-order valence-electron chi connectivity index (χ2n) is 5.13. The summed E-state index contributed by atoms with van der Waals surface area (Å²) in [5, 5.41) is 3.18. The molecule has 0 radical (unpaired) electrons. The fourth-order valence-electron chi connectivity index (χ4n) is 2.17. The summed E-state index contributed by atoms with van der Waals surface area (Å²) in [6, 6.07) is 5.14. The van der Waals surface area contributed by atoms with E-state index in [4.69, 9.17) is 17.3 Å². The summed E-state index contributed by atoms with van der Waals surface area (Å²) < 4.78 is 3.06. The van der Waals surface area contributed by atoms with Gasteiger partial charge in [0.1, 0.15) is 6.54 Å². The molecule has 0 saturated heterocycles. The number of carbonyl (C=O) groups excluding carboxylic acids is 1. The predicted molar refractivity (Wildman–Crippen MR) is 81.5 cm³/mol. The minimum absolute atomic E-state index is 0.0411. The van der Waals surface area contributed by atoms with Crippen LogP contribution in [0.3, 0.4) is 0 Å². The van der Waals surface area contributed by atoms with E-state index in [0.29, 0.717) is 22.4 Å². The van der Waals surface area contributed by atoms with Crippen LogP contribution in [0.25, 0.3) is 0 Å². The van der Waals surface area contributed by atoms with Crippen molar-refractivity contribution in [2.45, 2.75) is 25.4 Å². The highest BCUT2D eigenvalue weighted by Gasteiger charge is 2.25. The largest absolute Gasteiger partial charge is 0.397 e. The number of nitrogens with one attached hydrogen (secondary N) is 1. The third kappa shape index (κ3) is 2.95. The molecule has 0 spiro atoms. The molecule has 1 aromatic heterocycles. The molecule has 0 atom stereocenters. The zero-order chi connectivity index (χ0) is 15.0. The van der Waals surface area contributed by atoms with E-state index in [0.717, 1.165) is 12.8 Å². The van der Waals surface area contributed by atoms with Gasteiger partial charge in [-0.1, -0.05) is 11.6 Å². The average molecular weight is 307 g/mol. The van der Waals surface area contributed by atoms with Gasteiger partial charge in [0.2, 0.25) is 5.91 Å². The Hall–Kier alpha value is -2.21. The van der Waals surface area contributed by atoms with Gasteiger partial charge in [-0.15, -0.1) is 0 Å². The van der Waals surface area contributed by atoms with E-state index in [1.807, 2.05) is 0 Å². The first-order valence-corrected chi connectivity index (χ1v) is 7.04. The van der Waals surface area contributed by atoms with E-state index in [2.05, 4.69) is 5.32 Å². The summed E-state index contributed by atoms with van der Waals surface area (Å²) in [6.07, 6.45) is 5.41. The topological polar surface area (TPSA) is 82.0 Å². The van der Waals surface area contributed by atoms with Crippen LogP contribution in [0.15, 0.2) is 35.4 Å². The Kier molecular flexibility index (Phi) is 3.47. The Balaban J connectivity index is 1.70. The number of carbonyl (C=O) groups is 1. The molecule has 21 heavy (non-hydrogen) atoms. The third-order valence-corrected chi connectivity index (χ3v) is 3.65. The Labute approximate surface area is 126 Å². The smallest absolute Gasteiger partial charge is 0.328 e. The normalized spacial score (nSPS) is 14.1. The van der Waals surface area contributed by atoms with Crippen molar-refractivity contribution in [2.24, 2.45) is 0 Å². The maximum atomic E-state index is 12.1. The van der Waals surface area contributed by atoms with E-state index in [1.165, 1.54) is 4.57 Å². The van der Waals surface area contributed by atoms with Crippen molar-refractivity contribution in [3.05, 3.63) is 46.1 Å². The van der Waals surface area contributed by atoms with Crippen LogP contribution in [0.2, 0.25) is 5.02 Å². The molecule has 1 aliphatic rings. The van der Waals surface area contributed by atoms with Crippen molar-refractivity contribution in [3.8, 4) is 0 Å². The van der Waals surface area contributed by atoms with E-state index in [9.17, 15) is 9.59 Å². The van der Waals surface area contributed by atoms with Crippen molar-refractivity contribution >= 4 is 28.9 Å². The molecule has 110 valence electrons. The number of hydrogen-bond donors (Lipinski definition) is 2. The number of nitrogens with two attached hydrogens (primary N) is 1. The first-order valence-electron chi connectivity index (χ1n) is 6.67. The van der Waals surface area contributed by atoms with Gasteiger partial charge < -0.3 is 11.1 Å². The summed E-state index contributed by atoms with van der Waals surface area (Å²) >= 11 is 5.80. The second kappa shape index (κ2) is 5.29. The highest BCUT2D eigenvalue weighted by atomic mass is 35.5. The number of hydrogen-bond acceptors (Lipinski definition) is 3. The van der Waals surface area contributed by atoms with Gasteiger partial charge in [0, 0.05) is 23.5 Å². The molecular weight excluding hydrogens is 292 g/mol. The van der Waals surface area contributed by atoms with Crippen molar-refractivity contribution in [3.63, 3.8) is 0 Å². The number of nitrogens with zero attached hydrogens (tertiary/aromatic N) is 2. The zero-order valence-corrected chi connectivity index (χ0v) is 12.0. The van der Waals surface area contributed by atoms with Crippen LogP contribution in [-0.2, 0) is 11.3 Å². The van der Waals surface area contributed by atoms with E-state index in [1.54, 1.807) is 35.2 Å². The van der Waals surface area contributed by atoms with Gasteiger partial charge in [-0.05, 0) is 31.0 Å². The maximum Gasteiger partial charge on any atom is 0.328 e. The highest BCUT2D eigenvalue weighted by Crippen LogP contribution is 2.33. The quantitative estimate of drug-likeness (QED) is 0.846. The average Bonchev–Trinajstić information content (AvgIpc) is 3.20. The monoisotopic (exact) mass is 306 g/mol. The Morgan fingerprint density at radius 2 is 2.14 bits per heavy atom. The minimum atomic E-state index is -0.306. The molecule has 0 unspecified atom stereocenters. The van der Waals surface area contributed by atoms with Crippen molar-refractivity contribution in [2.75, 3.05) is 11.1 Å². The lowest BCUT2D eigenvalue weighted by atomic mass is 10.2. The molecule has 0 aliphatic heterocycles. The van der Waals surface area contributed by atoms with Gasteiger partial charge in [0.15, 0.2) is 0 Å². The molecule has 3 N–H and O–H groups in total. The van der Waals surface area contributed by atoms with E-state index >= 15 is 0 Å². The van der Waals surface area contributed by atoms with Crippen LogP contribution in [0, 0.1) is 0 Å². The lowest BCUT2D eigenvalue weighted by Gasteiger charge is -2.08. The van der Waals surface area contributed by atoms with Crippen LogP contribution >= 0.6 is 11.6 Å². The van der Waals surface area contributed by atoms with Crippen LogP contribution < -0.4 is 16.7 Å². The van der Waals surface area contributed by atoms with E-state index < -0.39 is 0 Å². The van der Waals surface area contributed by atoms with E-state index in [-0.39, 0.29) is 18.1 Å².